The molecule has 0 aromatic heterocycles. The molecule has 0 bridgehead atoms. The van der Waals surface area contributed by atoms with Crippen LogP contribution in [0.4, 0.5) is 4.39 Å². The zero-order chi connectivity index (χ0) is 12.6. The quantitative estimate of drug-likeness (QED) is 0.620. The molecule has 0 radical (unpaired) electrons. The van der Waals surface area contributed by atoms with Gasteiger partial charge in [-0.25, -0.2) is 9.18 Å². The van der Waals surface area contributed by atoms with Gasteiger partial charge in [0.2, 0.25) is 5.78 Å². The van der Waals surface area contributed by atoms with E-state index >= 15 is 0 Å². The van der Waals surface area contributed by atoms with E-state index in [9.17, 15) is 14.0 Å². The molecule has 0 spiro atoms. The summed E-state index contributed by atoms with van der Waals surface area (Å²) in [5.41, 5.74) is -0.203. The first kappa shape index (κ1) is 12.0. The molecule has 0 N–H and O–H groups in total. The lowest BCUT2D eigenvalue weighted by molar-refractivity contribution is -0.148. The highest BCUT2D eigenvalue weighted by atomic mass is 79.9. The van der Waals surface area contributed by atoms with Gasteiger partial charge in [0.15, 0.2) is 0 Å². The number of esters is 1. The van der Waals surface area contributed by atoms with Crippen LogP contribution in [0, 0.1) is 5.82 Å². The molecule has 1 heterocycles. The summed E-state index contributed by atoms with van der Waals surface area (Å²) in [6.07, 6.45) is -1.39. The van der Waals surface area contributed by atoms with Gasteiger partial charge in [-0.3, -0.25) is 4.79 Å². The maximum absolute atomic E-state index is 13.5. The Hall–Kier alpha value is -1.43. The maximum atomic E-state index is 13.5. The Morgan fingerprint density at radius 2 is 2.29 bits per heavy atom. The topological polar surface area (TPSA) is 52.6 Å². The van der Waals surface area contributed by atoms with Crippen LogP contribution in [-0.4, -0.2) is 24.5 Å². The van der Waals surface area contributed by atoms with Gasteiger partial charge in [0.25, 0.3) is 6.10 Å². The normalized spacial score (nSPS) is 17.6. The van der Waals surface area contributed by atoms with Crippen LogP contribution in [0.15, 0.2) is 16.6 Å². The van der Waals surface area contributed by atoms with E-state index in [2.05, 4.69) is 20.7 Å². The first-order chi connectivity index (χ1) is 8.04. The van der Waals surface area contributed by atoms with Crippen LogP contribution in [-0.2, 0) is 9.53 Å². The van der Waals surface area contributed by atoms with E-state index in [1.807, 2.05) is 0 Å². The number of fused-ring (bicyclic) bond motifs is 1. The lowest BCUT2D eigenvalue weighted by Gasteiger charge is -2.07. The summed E-state index contributed by atoms with van der Waals surface area (Å²) in [6, 6.07) is 2.59. The number of hydrogen-bond donors (Lipinski definition) is 0. The number of halogens is 2. The van der Waals surface area contributed by atoms with Gasteiger partial charge in [-0.2, -0.15) is 0 Å². The van der Waals surface area contributed by atoms with Crippen molar-refractivity contribution in [2.45, 2.75) is 13.0 Å². The number of rotatable bonds is 2. The second kappa shape index (κ2) is 4.44. The van der Waals surface area contributed by atoms with E-state index < -0.39 is 23.7 Å². The maximum Gasteiger partial charge on any atom is 0.355 e. The third-order valence-corrected chi connectivity index (χ3v) is 2.71. The van der Waals surface area contributed by atoms with E-state index in [1.165, 1.54) is 6.07 Å². The monoisotopic (exact) mass is 302 g/mol. The van der Waals surface area contributed by atoms with Gasteiger partial charge in [-0.15, -0.1) is 0 Å². The van der Waals surface area contributed by atoms with E-state index in [4.69, 9.17) is 4.74 Å². The van der Waals surface area contributed by atoms with Crippen molar-refractivity contribution >= 4 is 27.7 Å². The Balaban J connectivity index is 2.36. The fourth-order valence-electron chi connectivity index (χ4n) is 1.57. The van der Waals surface area contributed by atoms with Gasteiger partial charge in [-0.05, 0) is 19.1 Å². The molecule has 1 aliphatic rings. The third-order valence-electron chi connectivity index (χ3n) is 2.25. The minimum Gasteiger partial charge on any atom is -0.469 e. The number of carbonyl (C=O) groups excluding carboxylic acids is 2. The van der Waals surface area contributed by atoms with Crippen LogP contribution in [0.2, 0.25) is 0 Å². The second-order valence-electron chi connectivity index (χ2n) is 3.37. The first-order valence-corrected chi connectivity index (χ1v) is 5.70. The Morgan fingerprint density at radius 1 is 1.59 bits per heavy atom. The highest BCUT2D eigenvalue weighted by molar-refractivity contribution is 9.10. The molecular weight excluding hydrogens is 295 g/mol. The molecule has 1 aromatic rings. The number of benzene rings is 1. The van der Waals surface area contributed by atoms with Crippen molar-refractivity contribution < 1.29 is 23.5 Å². The molecule has 0 saturated heterocycles. The molecule has 90 valence electrons. The Kier molecular flexibility index (Phi) is 3.15. The SMILES string of the molecule is CCOC(=O)C1Oc2cc(Br)cc(F)c2C1=O. The van der Waals surface area contributed by atoms with Crippen LogP contribution in [0.3, 0.4) is 0 Å². The van der Waals surface area contributed by atoms with E-state index in [1.54, 1.807) is 6.92 Å². The van der Waals surface area contributed by atoms with E-state index in [0.29, 0.717) is 4.47 Å². The van der Waals surface area contributed by atoms with Crippen LogP contribution >= 0.6 is 15.9 Å². The summed E-state index contributed by atoms with van der Waals surface area (Å²) < 4.78 is 23.8. The van der Waals surface area contributed by atoms with Crippen molar-refractivity contribution in [3.8, 4) is 5.75 Å². The fourth-order valence-corrected chi connectivity index (χ4v) is 1.98. The summed E-state index contributed by atoms with van der Waals surface area (Å²) in [6.45, 7) is 1.75. The van der Waals surface area contributed by atoms with Crippen molar-refractivity contribution in [2.75, 3.05) is 6.61 Å². The van der Waals surface area contributed by atoms with Crippen molar-refractivity contribution in [1.29, 1.82) is 0 Å². The molecule has 0 amide bonds. The number of hydrogen-bond acceptors (Lipinski definition) is 4. The van der Waals surface area contributed by atoms with Gasteiger partial charge in [-0.1, -0.05) is 15.9 Å². The fraction of sp³-hybridized carbons (Fsp3) is 0.273. The van der Waals surface area contributed by atoms with Gasteiger partial charge in [0.05, 0.1) is 6.61 Å². The van der Waals surface area contributed by atoms with E-state index in [-0.39, 0.29) is 17.9 Å². The summed E-state index contributed by atoms with van der Waals surface area (Å²) in [5, 5.41) is 0. The summed E-state index contributed by atoms with van der Waals surface area (Å²) in [7, 11) is 0. The van der Waals surface area contributed by atoms with Crippen molar-refractivity contribution in [2.24, 2.45) is 0 Å². The molecule has 0 fully saturated rings. The molecule has 1 aromatic carbocycles. The minimum atomic E-state index is -1.39. The molecule has 17 heavy (non-hydrogen) atoms. The van der Waals surface area contributed by atoms with Crippen molar-refractivity contribution in [3.63, 3.8) is 0 Å². The Morgan fingerprint density at radius 3 is 2.94 bits per heavy atom. The van der Waals surface area contributed by atoms with Crippen LogP contribution in [0.5, 0.6) is 5.75 Å². The lowest BCUT2D eigenvalue weighted by Crippen LogP contribution is -2.32. The molecule has 2 rings (SSSR count). The standard InChI is InChI=1S/C11H8BrFO4/c1-2-16-11(15)10-9(14)8-6(13)3-5(12)4-7(8)17-10/h3-4,10H,2H2,1H3. The smallest absolute Gasteiger partial charge is 0.355 e. The molecule has 1 aliphatic heterocycles. The lowest BCUT2D eigenvalue weighted by atomic mass is 10.1. The van der Waals surface area contributed by atoms with Gasteiger partial charge in [0, 0.05) is 4.47 Å². The predicted molar refractivity (Wildman–Crippen MR) is 59.5 cm³/mol. The summed E-state index contributed by atoms with van der Waals surface area (Å²) in [5.74, 6) is -2.17. The predicted octanol–water partition coefficient (Wildman–Crippen LogP) is 2.10. The van der Waals surface area contributed by atoms with Gasteiger partial charge in [0.1, 0.15) is 17.1 Å². The average Bonchev–Trinajstić information content (AvgIpc) is 2.56. The highest BCUT2D eigenvalue weighted by Crippen LogP contribution is 2.34. The highest BCUT2D eigenvalue weighted by Gasteiger charge is 2.41. The van der Waals surface area contributed by atoms with Crippen LogP contribution in [0.1, 0.15) is 17.3 Å². The Labute approximate surface area is 105 Å². The zero-order valence-electron chi connectivity index (χ0n) is 8.83. The third kappa shape index (κ3) is 2.04. The number of Topliss-reactive ketones (excluding diaryl/α,β-unsaturated/α-hetero) is 1. The van der Waals surface area contributed by atoms with E-state index in [0.717, 1.165) is 6.07 Å². The average molecular weight is 303 g/mol. The van der Waals surface area contributed by atoms with Crippen LogP contribution < -0.4 is 4.74 Å². The van der Waals surface area contributed by atoms with Crippen molar-refractivity contribution in [3.05, 3.63) is 28.0 Å². The van der Waals surface area contributed by atoms with Gasteiger partial charge < -0.3 is 9.47 Å². The summed E-state index contributed by atoms with van der Waals surface area (Å²) in [4.78, 5) is 23.2. The largest absolute Gasteiger partial charge is 0.469 e. The number of ketones is 1. The molecule has 1 unspecified atom stereocenters. The molecule has 0 saturated carbocycles. The molecule has 6 heteroatoms. The first-order valence-electron chi connectivity index (χ1n) is 4.91. The minimum absolute atomic E-state index is 0.0555. The Bertz CT molecular complexity index is 500. The number of carbonyl (C=O) groups is 2. The summed E-state index contributed by atoms with van der Waals surface area (Å²) >= 11 is 3.08. The zero-order valence-corrected chi connectivity index (χ0v) is 10.4. The van der Waals surface area contributed by atoms with Gasteiger partial charge >= 0.3 is 5.97 Å². The molecule has 4 nitrogen and oxygen atoms in total. The molecule has 0 aliphatic carbocycles. The number of ether oxygens (including phenoxy) is 2. The molecular formula is C11H8BrFO4. The van der Waals surface area contributed by atoms with Crippen molar-refractivity contribution in [1.82, 2.24) is 0 Å². The molecule has 1 atom stereocenters. The second-order valence-corrected chi connectivity index (χ2v) is 4.29. The van der Waals surface area contributed by atoms with Crippen LogP contribution in [0.25, 0.3) is 0 Å².